The molecule has 0 aromatic carbocycles. The van der Waals surface area contributed by atoms with Crippen LogP contribution in [-0.2, 0) is 9.53 Å². The third kappa shape index (κ3) is 7.68. The van der Waals surface area contributed by atoms with Gasteiger partial charge < -0.3 is 20.5 Å². The van der Waals surface area contributed by atoms with Crippen LogP contribution in [0.25, 0.3) is 0 Å². The minimum absolute atomic E-state index is 0.0700. The van der Waals surface area contributed by atoms with Gasteiger partial charge in [-0.25, -0.2) is 4.79 Å². The highest BCUT2D eigenvalue weighted by Crippen LogP contribution is 2.38. The standard InChI is InChI=1S/C17H32N2O4/c1-13(11-20)19-14(21)10-17(8-6-5-7-9-17)12-18-15(22)23-16(2,3)4/h13,20H,5-12H2,1-4H3,(H,18,22)(H,19,21)/t13-/m0/s1. The van der Waals surface area contributed by atoms with Gasteiger partial charge in [-0.3, -0.25) is 4.79 Å². The first kappa shape index (κ1) is 19.7. The Labute approximate surface area is 139 Å². The summed E-state index contributed by atoms with van der Waals surface area (Å²) in [5, 5.41) is 14.7. The van der Waals surface area contributed by atoms with E-state index in [9.17, 15) is 9.59 Å². The summed E-state index contributed by atoms with van der Waals surface area (Å²) >= 11 is 0. The second-order valence-corrected chi connectivity index (χ2v) is 7.74. The van der Waals surface area contributed by atoms with Crippen molar-refractivity contribution in [3.63, 3.8) is 0 Å². The van der Waals surface area contributed by atoms with E-state index in [0.717, 1.165) is 25.7 Å². The van der Waals surface area contributed by atoms with Crippen molar-refractivity contribution in [3.05, 3.63) is 0 Å². The van der Waals surface area contributed by atoms with Crippen LogP contribution in [0.15, 0.2) is 0 Å². The fourth-order valence-corrected chi connectivity index (χ4v) is 3.00. The lowest BCUT2D eigenvalue weighted by Crippen LogP contribution is -2.45. The minimum Gasteiger partial charge on any atom is -0.444 e. The summed E-state index contributed by atoms with van der Waals surface area (Å²) in [5.74, 6) is -0.0700. The molecule has 0 unspecified atom stereocenters. The van der Waals surface area contributed by atoms with Gasteiger partial charge in [-0.15, -0.1) is 0 Å². The van der Waals surface area contributed by atoms with Gasteiger partial charge in [0.15, 0.2) is 0 Å². The molecular formula is C17H32N2O4. The number of rotatable bonds is 6. The Bertz CT molecular complexity index is 398. The molecule has 6 nitrogen and oxygen atoms in total. The van der Waals surface area contributed by atoms with E-state index in [-0.39, 0.29) is 24.0 Å². The molecule has 0 aliphatic heterocycles. The van der Waals surface area contributed by atoms with E-state index in [1.807, 2.05) is 20.8 Å². The number of aliphatic hydroxyl groups excluding tert-OH is 1. The SMILES string of the molecule is C[C@@H](CO)NC(=O)CC1(CNC(=O)OC(C)(C)C)CCCCC1. The van der Waals surface area contributed by atoms with Gasteiger partial charge >= 0.3 is 6.09 Å². The number of aliphatic hydroxyl groups is 1. The molecule has 0 aromatic heterocycles. The number of amides is 2. The second-order valence-electron chi connectivity index (χ2n) is 7.74. The van der Waals surface area contributed by atoms with Crippen LogP contribution >= 0.6 is 0 Å². The van der Waals surface area contributed by atoms with Gasteiger partial charge in [0.05, 0.1) is 6.61 Å². The van der Waals surface area contributed by atoms with Crippen LogP contribution in [0, 0.1) is 5.41 Å². The molecule has 0 spiro atoms. The van der Waals surface area contributed by atoms with Crippen LogP contribution in [0.3, 0.4) is 0 Å². The van der Waals surface area contributed by atoms with Crippen molar-refractivity contribution in [1.82, 2.24) is 10.6 Å². The maximum Gasteiger partial charge on any atom is 0.407 e. The molecule has 0 radical (unpaired) electrons. The summed E-state index contributed by atoms with van der Waals surface area (Å²) in [4.78, 5) is 24.1. The highest BCUT2D eigenvalue weighted by atomic mass is 16.6. The molecule has 0 saturated heterocycles. The first-order valence-corrected chi connectivity index (χ1v) is 8.53. The minimum atomic E-state index is -0.530. The molecule has 134 valence electrons. The van der Waals surface area contributed by atoms with Crippen molar-refractivity contribution in [3.8, 4) is 0 Å². The van der Waals surface area contributed by atoms with Crippen molar-refractivity contribution < 1.29 is 19.4 Å². The maximum absolute atomic E-state index is 12.2. The highest BCUT2D eigenvalue weighted by Gasteiger charge is 2.35. The zero-order valence-electron chi connectivity index (χ0n) is 14.9. The molecule has 1 saturated carbocycles. The number of alkyl carbamates (subject to hydrolysis) is 1. The molecule has 0 bridgehead atoms. The average molecular weight is 328 g/mol. The quantitative estimate of drug-likeness (QED) is 0.698. The number of carbonyl (C=O) groups is 2. The first-order chi connectivity index (χ1) is 10.7. The number of ether oxygens (including phenoxy) is 1. The largest absolute Gasteiger partial charge is 0.444 e. The molecule has 1 aliphatic carbocycles. The van der Waals surface area contributed by atoms with Gasteiger partial charge in [-0.1, -0.05) is 19.3 Å². The summed E-state index contributed by atoms with van der Waals surface area (Å²) in [5.41, 5.74) is -0.744. The van der Waals surface area contributed by atoms with Gasteiger partial charge in [0, 0.05) is 19.0 Å². The van der Waals surface area contributed by atoms with Gasteiger partial charge in [0.25, 0.3) is 0 Å². The molecule has 1 rings (SSSR count). The molecule has 2 amide bonds. The van der Waals surface area contributed by atoms with E-state index in [0.29, 0.717) is 13.0 Å². The van der Waals surface area contributed by atoms with Gasteiger partial charge in [0.2, 0.25) is 5.91 Å². The molecular weight excluding hydrogens is 296 g/mol. The Hall–Kier alpha value is -1.30. The van der Waals surface area contributed by atoms with E-state index >= 15 is 0 Å². The summed E-state index contributed by atoms with van der Waals surface area (Å²) < 4.78 is 5.28. The molecule has 1 fully saturated rings. The first-order valence-electron chi connectivity index (χ1n) is 8.53. The third-order valence-electron chi connectivity index (χ3n) is 4.14. The second kappa shape index (κ2) is 8.52. The van der Waals surface area contributed by atoms with Gasteiger partial charge in [-0.05, 0) is 46.0 Å². The average Bonchev–Trinajstić information content (AvgIpc) is 2.44. The van der Waals surface area contributed by atoms with Gasteiger partial charge in [-0.2, -0.15) is 0 Å². The molecule has 3 N–H and O–H groups in total. The van der Waals surface area contributed by atoms with Crippen LogP contribution in [0.2, 0.25) is 0 Å². The fraction of sp³-hybridized carbons (Fsp3) is 0.882. The van der Waals surface area contributed by atoms with Crippen LogP contribution < -0.4 is 10.6 Å². The topological polar surface area (TPSA) is 87.7 Å². The van der Waals surface area contributed by atoms with Crippen LogP contribution in [0.5, 0.6) is 0 Å². The highest BCUT2D eigenvalue weighted by molar-refractivity contribution is 5.77. The lowest BCUT2D eigenvalue weighted by molar-refractivity contribution is -0.124. The maximum atomic E-state index is 12.2. The van der Waals surface area contributed by atoms with Crippen LogP contribution in [0.4, 0.5) is 4.79 Å². The van der Waals surface area contributed by atoms with E-state index in [1.54, 1.807) is 6.92 Å². The van der Waals surface area contributed by atoms with Crippen molar-refractivity contribution in [2.24, 2.45) is 5.41 Å². The Morgan fingerprint density at radius 2 is 1.83 bits per heavy atom. The van der Waals surface area contributed by atoms with E-state index < -0.39 is 11.7 Å². The summed E-state index contributed by atoms with van der Waals surface area (Å²) in [7, 11) is 0. The Kier molecular flexibility index (Phi) is 7.32. The van der Waals surface area contributed by atoms with Gasteiger partial charge in [0.1, 0.15) is 5.60 Å². The Morgan fingerprint density at radius 1 is 1.22 bits per heavy atom. The predicted octanol–water partition coefficient (Wildman–Crippen LogP) is 2.35. The van der Waals surface area contributed by atoms with Crippen molar-refractivity contribution in [1.29, 1.82) is 0 Å². The van der Waals surface area contributed by atoms with E-state index in [2.05, 4.69) is 10.6 Å². The van der Waals surface area contributed by atoms with E-state index in [1.165, 1.54) is 6.42 Å². The molecule has 23 heavy (non-hydrogen) atoms. The fourth-order valence-electron chi connectivity index (χ4n) is 3.00. The molecule has 1 atom stereocenters. The number of nitrogens with one attached hydrogen (secondary N) is 2. The molecule has 0 aromatic rings. The number of hydrogen-bond donors (Lipinski definition) is 3. The summed E-state index contributed by atoms with van der Waals surface area (Å²) in [6.07, 6.45) is 5.08. The zero-order valence-corrected chi connectivity index (χ0v) is 14.9. The Balaban J connectivity index is 2.60. The van der Waals surface area contributed by atoms with Crippen molar-refractivity contribution in [2.45, 2.75) is 77.9 Å². The number of carbonyl (C=O) groups excluding carboxylic acids is 2. The lowest BCUT2D eigenvalue weighted by Gasteiger charge is -2.37. The molecule has 1 aliphatic rings. The van der Waals surface area contributed by atoms with Crippen LogP contribution in [-0.4, -0.2) is 41.9 Å². The lowest BCUT2D eigenvalue weighted by atomic mass is 9.71. The zero-order chi connectivity index (χ0) is 17.5. The van der Waals surface area contributed by atoms with Crippen molar-refractivity contribution in [2.75, 3.05) is 13.2 Å². The summed E-state index contributed by atoms with van der Waals surface area (Å²) in [6.45, 7) is 7.62. The smallest absolute Gasteiger partial charge is 0.407 e. The molecule has 6 heteroatoms. The normalized spacial score (nSPS) is 18.8. The monoisotopic (exact) mass is 328 g/mol. The molecule has 0 heterocycles. The summed E-state index contributed by atoms with van der Waals surface area (Å²) in [6, 6.07) is -0.248. The van der Waals surface area contributed by atoms with E-state index in [4.69, 9.17) is 9.84 Å². The van der Waals surface area contributed by atoms with Crippen LogP contribution in [0.1, 0.15) is 66.2 Å². The predicted molar refractivity (Wildman–Crippen MR) is 89.1 cm³/mol. The Morgan fingerprint density at radius 3 is 2.35 bits per heavy atom. The third-order valence-corrected chi connectivity index (χ3v) is 4.14. The number of hydrogen-bond acceptors (Lipinski definition) is 4. The van der Waals surface area contributed by atoms with Crippen molar-refractivity contribution >= 4 is 12.0 Å².